The maximum atomic E-state index is 12.0. The van der Waals surface area contributed by atoms with Crippen molar-refractivity contribution in [1.82, 2.24) is 25.8 Å². The summed E-state index contributed by atoms with van der Waals surface area (Å²) in [6.07, 6.45) is 5.20. The summed E-state index contributed by atoms with van der Waals surface area (Å²) in [5.74, 6) is 0.623. The van der Waals surface area contributed by atoms with Crippen LogP contribution in [0.3, 0.4) is 0 Å². The highest BCUT2D eigenvalue weighted by Crippen LogP contribution is 2.18. The zero-order chi connectivity index (χ0) is 16.8. The summed E-state index contributed by atoms with van der Waals surface area (Å²) in [6.45, 7) is 3.06. The van der Waals surface area contributed by atoms with Crippen LogP contribution in [0.1, 0.15) is 30.3 Å². The summed E-state index contributed by atoms with van der Waals surface area (Å²) in [6, 6.07) is 5.71. The van der Waals surface area contributed by atoms with Gasteiger partial charge in [0.2, 0.25) is 5.88 Å². The van der Waals surface area contributed by atoms with E-state index < -0.39 is 0 Å². The molecule has 0 fully saturated rings. The van der Waals surface area contributed by atoms with E-state index in [0.717, 1.165) is 25.0 Å². The molecule has 0 aromatic carbocycles. The second-order valence-corrected chi connectivity index (χ2v) is 5.86. The molecule has 24 heavy (non-hydrogen) atoms. The molecule has 0 bridgehead atoms. The molecule has 3 rings (SSSR count). The predicted molar refractivity (Wildman–Crippen MR) is 90.0 cm³/mol. The zero-order valence-corrected chi connectivity index (χ0v) is 13.8. The fourth-order valence-electron chi connectivity index (χ4n) is 2.91. The van der Waals surface area contributed by atoms with E-state index in [2.05, 4.69) is 25.8 Å². The largest absolute Gasteiger partial charge is 0.478 e. The van der Waals surface area contributed by atoms with Gasteiger partial charge in [-0.2, -0.15) is 5.10 Å². The van der Waals surface area contributed by atoms with Crippen molar-refractivity contribution in [2.45, 2.75) is 38.6 Å². The van der Waals surface area contributed by atoms with Gasteiger partial charge in [-0.05, 0) is 37.8 Å². The van der Waals surface area contributed by atoms with E-state index in [1.165, 1.54) is 11.3 Å². The van der Waals surface area contributed by atoms with Gasteiger partial charge in [-0.15, -0.1) is 0 Å². The minimum absolute atomic E-state index is 0.132. The first kappa shape index (κ1) is 16.3. The Labute approximate surface area is 141 Å². The van der Waals surface area contributed by atoms with Crippen molar-refractivity contribution >= 4 is 6.03 Å². The van der Waals surface area contributed by atoms with Gasteiger partial charge in [0.15, 0.2) is 0 Å². The highest BCUT2D eigenvalue weighted by Gasteiger charge is 2.21. The number of amides is 2. The van der Waals surface area contributed by atoms with E-state index in [1.807, 2.05) is 31.3 Å². The molecule has 2 aromatic rings. The van der Waals surface area contributed by atoms with Crippen LogP contribution in [0.5, 0.6) is 5.88 Å². The fourth-order valence-corrected chi connectivity index (χ4v) is 2.91. The van der Waals surface area contributed by atoms with E-state index in [-0.39, 0.29) is 12.1 Å². The summed E-state index contributed by atoms with van der Waals surface area (Å²) < 4.78 is 5.38. The van der Waals surface area contributed by atoms with Crippen LogP contribution in [0, 0.1) is 0 Å². The molecule has 1 aliphatic carbocycles. The molecule has 0 spiro atoms. The number of hydrogen-bond donors (Lipinski definition) is 3. The third kappa shape index (κ3) is 4.24. The van der Waals surface area contributed by atoms with Crippen molar-refractivity contribution < 1.29 is 9.53 Å². The molecule has 1 aliphatic rings. The first-order chi connectivity index (χ1) is 11.7. The SMILES string of the molecule is CCOc1cccc(CCNC(=O)NC2CCc3[nH]ncc3C2)n1. The van der Waals surface area contributed by atoms with Crippen molar-refractivity contribution in [3.63, 3.8) is 0 Å². The van der Waals surface area contributed by atoms with Gasteiger partial charge in [-0.3, -0.25) is 5.10 Å². The number of carbonyl (C=O) groups is 1. The van der Waals surface area contributed by atoms with Crippen molar-refractivity contribution in [2.24, 2.45) is 0 Å². The van der Waals surface area contributed by atoms with E-state index in [9.17, 15) is 4.79 Å². The molecule has 128 valence electrons. The molecule has 1 atom stereocenters. The minimum atomic E-state index is -0.132. The maximum Gasteiger partial charge on any atom is 0.315 e. The Hall–Kier alpha value is -2.57. The Balaban J connectivity index is 1.41. The van der Waals surface area contributed by atoms with Gasteiger partial charge in [0.1, 0.15) is 0 Å². The van der Waals surface area contributed by atoms with E-state index in [1.54, 1.807) is 0 Å². The number of ether oxygens (including phenoxy) is 1. The molecule has 2 amide bonds. The number of fused-ring (bicyclic) bond motifs is 1. The Bertz CT molecular complexity index is 685. The molecule has 0 radical (unpaired) electrons. The van der Waals surface area contributed by atoms with Crippen LogP contribution in [0.25, 0.3) is 0 Å². The number of carbonyl (C=O) groups excluding carboxylic acids is 1. The highest BCUT2D eigenvalue weighted by molar-refractivity contribution is 5.74. The van der Waals surface area contributed by atoms with Crippen molar-refractivity contribution in [3.05, 3.63) is 41.3 Å². The van der Waals surface area contributed by atoms with Crippen molar-refractivity contribution in [3.8, 4) is 5.88 Å². The van der Waals surface area contributed by atoms with E-state index in [0.29, 0.717) is 25.5 Å². The number of rotatable bonds is 6. The topological polar surface area (TPSA) is 91.9 Å². The van der Waals surface area contributed by atoms with Crippen LogP contribution in [0.4, 0.5) is 4.79 Å². The lowest BCUT2D eigenvalue weighted by Gasteiger charge is -2.22. The molecule has 0 aliphatic heterocycles. The minimum Gasteiger partial charge on any atom is -0.478 e. The van der Waals surface area contributed by atoms with Crippen molar-refractivity contribution in [1.29, 1.82) is 0 Å². The first-order valence-electron chi connectivity index (χ1n) is 8.39. The van der Waals surface area contributed by atoms with Crippen LogP contribution in [0.2, 0.25) is 0 Å². The third-order valence-corrected chi connectivity index (χ3v) is 4.09. The average molecular weight is 329 g/mol. The molecule has 7 heteroatoms. The van der Waals surface area contributed by atoms with Crippen LogP contribution in [-0.2, 0) is 19.3 Å². The molecule has 3 N–H and O–H groups in total. The molecule has 2 heterocycles. The number of aryl methyl sites for hydroxylation is 1. The van der Waals surface area contributed by atoms with Gasteiger partial charge in [0.05, 0.1) is 12.8 Å². The predicted octanol–water partition coefficient (Wildman–Crippen LogP) is 1.60. The molecular weight excluding hydrogens is 306 g/mol. The van der Waals surface area contributed by atoms with E-state index in [4.69, 9.17) is 4.74 Å². The molecule has 0 saturated carbocycles. The number of urea groups is 1. The summed E-state index contributed by atoms with van der Waals surface area (Å²) >= 11 is 0. The van der Waals surface area contributed by atoms with Gasteiger partial charge in [0.25, 0.3) is 0 Å². The lowest BCUT2D eigenvalue weighted by Crippen LogP contribution is -2.45. The molecule has 7 nitrogen and oxygen atoms in total. The molecule has 1 unspecified atom stereocenters. The van der Waals surface area contributed by atoms with Gasteiger partial charge in [-0.25, -0.2) is 9.78 Å². The molecule has 0 saturated heterocycles. The molecule has 2 aromatic heterocycles. The summed E-state index contributed by atoms with van der Waals surface area (Å²) in [4.78, 5) is 16.4. The van der Waals surface area contributed by atoms with Crippen molar-refractivity contribution in [2.75, 3.05) is 13.2 Å². The Morgan fingerprint density at radius 1 is 1.46 bits per heavy atom. The fraction of sp³-hybridized carbons (Fsp3) is 0.471. The van der Waals surface area contributed by atoms with Crippen LogP contribution >= 0.6 is 0 Å². The van der Waals surface area contributed by atoms with Gasteiger partial charge in [0, 0.05) is 36.5 Å². The second-order valence-electron chi connectivity index (χ2n) is 5.86. The first-order valence-corrected chi connectivity index (χ1v) is 8.39. The maximum absolute atomic E-state index is 12.0. The van der Waals surface area contributed by atoms with Crippen LogP contribution in [0.15, 0.2) is 24.4 Å². The standard InChI is InChI=1S/C17H23N5O2/c1-2-24-16-5-3-4-13(20-16)8-9-18-17(23)21-14-6-7-15-12(10-14)11-19-22-15/h3-5,11,14H,2,6-10H2,1H3,(H,19,22)(H2,18,21,23). The zero-order valence-electron chi connectivity index (χ0n) is 13.8. The summed E-state index contributed by atoms with van der Waals surface area (Å²) in [7, 11) is 0. The quantitative estimate of drug-likeness (QED) is 0.751. The normalized spacial score (nSPS) is 16.3. The third-order valence-electron chi connectivity index (χ3n) is 4.09. The number of H-pyrrole nitrogens is 1. The van der Waals surface area contributed by atoms with Crippen LogP contribution in [-0.4, -0.2) is 40.4 Å². The van der Waals surface area contributed by atoms with Gasteiger partial charge < -0.3 is 15.4 Å². The number of aromatic nitrogens is 3. The number of pyridine rings is 1. The Morgan fingerprint density at radius 3 is 3.25 bits per heavy atom. The number of nitrogens with zero attached hydrogens (tertiary/aromatic N) is 2. The van der Waals surface area contributed by atoms with Gasteiger partial charge in [-0.1, -0.05) is 6.07 Å². The number of aromatic amines is 1. The van der Waals surface area contributed by atoms with Gasteiger partial charge >= 0.3 is 6.03 Å². The van der Waals surface area contributed by atoms with Crippen LogP contribution < -0.4 is 15.4 Å². The smallest absolute Gasteiger partial charge is 0.315 e. The monoisotopic (exact) mass is 329 g/mol. The number of nitrogens with one attached hydrogen (secondary N) is 3. The lowest BCUT2D eigenvalue weighted by molar-refractivity contribution is 0.235. The Morgan fingerprint density at radius 2 is 2.38 bits per heavy atom. The second kappa shape index (κ2) is 7.81. The average Bonchev–Trinajstić information content (AvgIpc) is 3.03. The molecular formula is C17H23N5O2. The summed E-state index contributed by atoms with van der Waals surface area (Å²) in [5.41, 5.74) is 3.29. The Kier molecular flexibility index (Phi) is 5.30. The summed E-state index contributed by atoms with van der Waals surface area (Å²) in [5, 5.41) is 13.0. The highest BCUT2D eigenvalue weighted by atomic mass is 16.5. The van der Waals surface area contributed by atoms with E-state index >= 15 is 0 Å². The lowest BCUT2D eigenvalue weighted by atomic mass is 9.94. The number of hydrogen-bond acceptors (Lipinski definition) is 4.